The summed E-state index contributed by atoms with van der Waals surface area (Å²) in [4.78, 5) is 4.77. The van der Waals surface area contributed by atoms with Gasteiger partial charge in [-0.3, -0.25) is 9.80 Å². The lowest BCUT2D eigenvalue weighted by molar-refractivity contribution is 0.222. The van der Waals surface area contributed by atoms with Gasteiger partial charge in [-0.05, 0) is 97.9 Å². The van der Waals surface area contributed by atoms with Crippen LogP contribution in [0.5, 0.6) is 57.5 Å². The number of likely N-dealkylation sites (N-methyl/N-ethyl adjacent to an activating group) is 2. The van der Waals surface area contributed by atoms with E-state index in [1.54, 1.807) is 56.9 Å². The standard InChI is InChI=1S/C42H50N2O9/c1-43-15-13-23-19-32(46-4)33(47-5)21-27(23)29(43)17-24-11-12-31(45-3)40(50-8)38(24)53-35-20-25-18-30-36-26(14-16-44(30)2)39(49-7)42(52-10)41(51-9)37(36)28(25)22-34(35)48-6/h11-12,19-22,29-30H,13-18H2,1-10H3. The molecule has 0 aromatic heterocycles. The molecule has 2 unspecified atom stereocenters. The Morgan fingerprint density at radius 1 is 0.566 bits per heavy atom. The fourth-order valence-corrected chi connectivity index (χ4v) is 8.55. The van der Waals surface area contributed by atoms with Crippen LogP contribution in [0.4, 0.5) is 0 Å². The third-order valence-electron chi connectivity index (χ3n) is 11.2. The highest BCUT2D eigenvalue weighted by Gasteiger charge is 2.40. The molecule has 0 N–H and O–H groups in total. The van der Waals surface area contributed by atoms with E-state index in [9.17, 15) is 0 Å². The average Bonchev–Trinajstić information content (AvgIpc) is 3.18. The van der Waals surface area contributed by atoms with Crippen molar-refractivity contribution in [2.75, 3.05) is 84.1 Å². The summed E-state index contributed by atoms with van der Waals surface area (Å²) in [5.41, 5.74) is 8.87. The quantitative estimate of drug-likeness (QED) is 0.150. The van der Waals surface area contributed by atoms with Crippen molar-refractivity contribution in [3.8, 4) is 68.6 Å². The van der Waals surface area contributed by atoms with Crippen LogP contribution in [0, 0.1) is 0 Å². The minimum atomic E-state index is 0.0383. The topological polar surface area (TPSA) is 89.6 Å². The second-order valence-corrected chi connectivity index (χ2v) is 13.7. The number of nitrogens with zero attached hydrogens (tertiary/aromatic N) is 2. The van der Waals surface area contributed by atoms with Crippen LogP contribution < -0.4 is 42.6 Å². The molecular formula is C42H50N2O9. The van der Waals surface area contributed by atoms with Crippen LogP contribution in [0.3, 0.4) is 0 Å². The van der Waals surface area contributed by atoms with E-state index in [-0.39, 0.29) is 12.1 Å². The maximum atomic E-state index is 6.98. The Labute approximate surface area is 312 Å². The van der Waals surface area contributed by atoms with Crippen LogP contribution in [0.1, 0.15) is 45.5 Å². The van der Waals surface area contributed by atoms with Crippen molar-refractivity contribution in [3.63, 3.8) is 0 Å². The first-order chi connectivity index (χ1) is 25.7. The Morgan fingerprint density at radius 2 is 1.19 bits per heavy atom. The van der Waals surface area contributed by atoms with E-state index in [1.165, 1.54) is 16.7 Å². The molecule has 0 radical (unpaired) electrons. The molecule has 7 rings (SSSR count). The molecule has 1 aliphatic carbocycles. The first-order valence-corrected chi connectivity index (χ1v) is 17.9. The molecular weight excluding hydrogens is 676 g/mol. The van der Waals surface area contributed by atoms with E-state index in [0.29, 0.717) is 52.4 Å². The molecule has 11 nitrogen and oxygen atoms in total. The molecule has 4 aromatic carbocycles. The Bertz CT molecular complexity index is 2030. The summed E-state index contributed by atoms with van der Waals surface area (Å²) in [5.74, 6) is 6.21. The minimum absolute atomic E-state index is 0.0383. The number of fused-ring (bicyclic) bond motifs is 3. The molecule has 0 amide bonds. The summed E-state index contributed by atoms with van der Waals surface area (Å²) >= 11 is 0. The molecule has 0 fully saturated rings. The van der Waals surface area contributed by atoms with Gasteiger partial charge in [-0.2, -0.15) is 0 Å². The Kier molecular flexibility index (Phi) is 10.1. The molecule has 0 bridgehead atoms. The Hall–Kier alpha value is -5.00. The zero-order chi connectivity index (χ0) is 37.6. The lowest BCUT2D eigenvalue weighted by atomic mass is 9.76. The number of hydrogen-bond acceptors (Lipinski definition) is 11. The van der Waals surface area contributed by atoms with Crippen LogP contribution >= 0.6 is 0 Å². The third kappa shape index (κ3) is 5.99. The number of ether oxygens (including phenoxy) is 9. The largest absolute Gasteiger partial charge is 0.493 e. The number of hydrogen-bond donors (Lipinski definition) is 0. The number of benzene rings is 4. The summed E-state index contributed by atoms with van der Waals surface area (Å²) in [6, 6.07) is 12.5. The third-order valence-corrected chi connectivity index (χ3v) is 11.2. The van der Waals surface area contributed by atoms with Gasteiger partial charge in [0.2, 0.25) is 11.5 Å². The smallest absolute Gasteiger partial charge is 0.204 e. The van der Waals surface area contributed by atoms with E-state index in [2.05, 4.69) is 54.2 Å². The van der Waals surface area contributed by atoms with Crippen LogP contribution in [-0.2, 0) is 25.7 Å². The molecule has 11 heteroatoms. The van der Waals surface area contributed by atoms with Gasteiger partial charge < -0.3 is 42.6 Å². The molecule has 53 heavy (non-hydrogen) atoms. The van der Waals surface area contributed by atoms with Gasteiger partial charge in [-0.1, -0.05) is 6.07 Å². The van der Waals surface area contributed by atoms with Gasteiger partial charge in [0.1, 0.15) is 0 Å². The molecule has 282 valence electrons. The molecule has 0 saturated carbocycles. The molecule has 0 spiro atoms. The molecule has 3 aliphatic rings. The summed E-state index contributed by atoms with van der Waals surface area (Å²) in [6.45, 7) is 1.79. The molecule has 2 atom stereocenters. The monoisotopic (exact) mass is 726 g/mol. The van der Waals surface area contributed by atoms with Crippen molar-refractivity contribution in [3.05, 3.63) is 69.8 Å². The average molecular weight is 727 g/mol. The highest BCUT2D eigenvalue weighted by molar-refractivity contribution is 5.87. The predicted octanol–water partition coefficient (Wildman–Crippen LogP) is 7.07. The van der Waals surface area contributed by atoms with Gasteiger partial charge in [0.15, 0.2) is 46.0 Å². The van der Waals surface area contributed by atoms with Crippen molar-refractivity contribution >= 4 is 0 Å². The fourth-order valence-electron chi connectivity index (χ4n) is 8.55. The van der Waals surface area contributed by atoms with Crippen LogP contribution in [0.15, 0.2) is 36.4 Å². The molecule has 0 saturated heterocycles. The highest BCUT2D eigenvalue weighted by atomic mass is 16.6. The lowest BCUT2D eigenvalue weighted by Crippen LogP contribution is -2.36. The van der Waals surface area contributed by atoms with E-state index in [1.807, 2.05) is 6.07 Å². The minimum Gasteiger partial charge on any atom is -0.493 e. The Morgan fingerprint density at radius 3 is 1.85 bits per heavy atom. The molecule has 4 aromatic rings. The van der Waals surface area contributed by atoms with Crippen molar-refractivity contribution in [2.45, 2.75) is 37.8 Å². The zero-order valence-electron chi connectivity index (χ0n) is 32.4. The van der Waals surface area contributed by atoms with E-state index < -0.39 is 0 Å². The summed E-state index contributed by atoms with van der Waals surface area (Å²) in [7, 11) is 17.6. The molecule has 2 heterocycles. The van der Waals surface area contributed by atoms with Crippen LogP contribution in [0.2, 0.25) is 0 Å². The normalized spacial score (nSPS) is 17.5. The lowest BCUT2D eigenvalue weighted by Gasteiger charge is -2.41. The molecule has 2 aliphatic heterocycles. The second-order valence-electron chi connectivity index (χ2n) is 13.7. The van der Waals surface area contributed by atoms with E-state index in [0.717, 1.165) is 71.7 Å². The van der Waals surface area contributed by atoms with E-state index >= 15 is 0 Å². The van der Waals surface area contributed by atoms with Crippen LogP contribution in [-0.4, -0.2) is 93.9 Å². The Balaban J connectivity index is 1.36. The van der Waals surface area contributed by atoms with Gasteiger partial charge in [-0.25, -0.2) is 0 Å². The summed E-state index contributed by atoms with van der Waals surface area (Å²) in [6.07, 6.45) is 3.16. The van der Waals surface area contributed by atoms with Gasteiger partial charge in [0.25, 0.3) is 0 Å². The second kappa shape index (κ2) is 14.8. The van der Waals surface area contributed by atoms with Crippen molar-refractivity contribution in [1.29, 1.82) is 0 Å². The fraction of sp³-hybridized carbons (Fsp3) is 0.429. The van der Waals surface area contributed by atoms with Crippen molar-refractivity contribution < 1.29 is 42.6 Å². The first-order valence-electron chi connectivity index (χ1n) is 17.9. The highest BCUT2D eigenvalue weighted by Crippen LogP contribution is 2.58. The number of rotatable bonds is 12. The maximum Gasteiger partial charge on any atom is 0.204 e. The SMILES string of the molecule is COc1cc2c(cc1OC)C(Cc1ccc(OC)c(OC)c1Oc1cc3c(cc1OC)-c1c(OC)c(OC)c(OC)c4c1C(C3)N(C)CC4)N(C)CC2. The van der Waals surface area contributed by atoms with Gasteiger partial charge in [0, 0.05) is 41.9 Å². The van der Waals surface area contributed by atoms with Gasteiger partial charge in [-0.15, -0.1) is 0 Å². The van der Waals surface area contributed by atoms with Crippen molar-refractivity contribution in [2.24, 2.45) is 0 Å². The first kappa shape index (κ1) is 36.4. The van der Waals surface area contributed by atoms with Crippen LogP contribution in [0.25, 0.3) is 11.1 Å². The van der Waals surface area contributed by atoms with Gasteiger partial charge in [0.05, 0.1) is 56.9 Å². The van der Waals surface area contributed by atoms with Gasteiger partial charge >= 0.3 is 0 Å². The summed E-state index contributed by atoms with van der Waals surface area (Å²) in [5, 5.41) is 0. The van der Waals surface area contributed by atoms with E-state index in [4.69, 9.17) is 42.6 Å². The van der Waals surface area contributed by atoms with Crippen molar-refractivity contribution in [1.82, 2.24) is 9.80 Å². The zero-order valence-corrected chi connectivity index (χ0v) is 32.4. The maximum absolute atomic E-state index is 6.98. The summed E-state index contributed by atoms with van der Waals surface area (Å²) < 4.78 is 54.2. The predicted molar refractivity (Wildman–Crippen MR) is 203 cm³/mol. The number of methoxy groups -OCH3 is 8.